The Morgan fingerprint density at radius 1 is 1.35 bits per heavy atom. The van der Waals surface area contributed by atoms with Crippen LogP contribution in [0.4, 0.5) is 17.6 Å². The molecule has 0 spiro atoms. The lowest BCUT2D eigenvalue weighted by Gasteiger charge is -2.11. The second kappa shape index (κ2) is 5.16. The lowest BCUT2D eigenvalue weighted by atomic mass is 10.1. The minimum Gasteiger partial charge on any atom is -0.492 e. The fraction of sp³-hybridized carbons (Fsp3) is 0.364. The minimum absolute atomic E-state index is 0.165. The van der Waals surface area contributed by atoms with E-state index in [2.05, 4.69) is 0 Å². The molecule has 0 saturated carbocycles. The Morgan fingerprint density at radius 2 is 2.00 bits per heavy atom. The van der Waals surface area contributed by atoms with Gasteiger partial charge in [0.25, 0.3) is 0 Å². The summed E-state index contributed by atoms with van der Waals surface area (Å²) in [6.45, 7) is 0.474. The number of hydrogen-bond acceptors (Lipinski definition) is 2. The maximum Gasteiger partial charge on any atom is 0.392 e. The maximum absolute atomic E-state index is 13.2. The van der Waals surface area contributed by atoms with Gasteiger partial charge in [-0.3, -0.25) is 4.79 Å². The van der Waals surface area contributed by atoms with Crippen molar-refractivity contribution in [2.75, 3.05) is 6.61 Å². The zero-order valence-electron chi connectivity index (χ0n) is 8.97. The third-order valence-corrected chi connectivity index (χ3v) is 1.97. The van der Waals surface area contributed by atoms with E-state index in [0.717, 1.165) is 13.0 Å². The third kappa shape index (κ3) is 4.05. The Balaban J connectivity index is 2.78. The molecule has 0 atom stereocenters. The Labute approximate surface area is 95.2 Å². The molecule has 2 nitrogen and oxygen atoms in total. The summed E-state index contributed by atoms with van der Waals surface area (Å²) >= 11 is 0. The molecule has 1 rings (SSSR count). The van der Waals surface area contributed by atoms with Gasteiger partial charge in [-0.1, -0.05) is 6.07 Å². The van der Waals surface area contributed by atoms with Crippen molar-refractivity contribution in [1.29, 1.82) is 0 Å². The Bertz CT molecular complexity index is 412. The topological polar surface area (TPSA) is 26.3 Å². The van der Waals surface area contributed by atoms with E-state index in [4.69, 9.17) is 4.74 Å². The molecule has 0 aliphatic heterocycles. The summed E-state index contributed by atoms with van der Waals surface area (Å²) in [5.74, 6) is -1.56. The average molecular weight is 250 g/mol. The second-order valence-electron chi connectivity index (χ2n) is 3.38. The van der Waals surface area contributed by atoms with Crippen LogP contribution < -0.4 is 4.74 Å². The molecule has 6 heteroatoms. The number of rotatable bonds is 4. The highest BCUT2D eigenvalue weighted by Gasteiger charge is 2.27. The Hall–Kier alpha value is -1.59. The van der Waals surface area contributed by atoms with E-state index in [1.807, 2.05) is 0 Å². The number of carbonyl (C=O) groups is 1. The molecule has 1 aromatic carbocycles. The first-order valence-corrected chi connectivity index (χ1v) is 4.80. The Morgan fingerprint density at radius 3 is 2.53 bits per heavy atom. The molecule has 1 aromatic rings. The van der Waals surface area contributed by atoms with Crippen molar-refractivity contribution >= 4 is 5.78 Å². The van der Waals surface area contributed by atoms with Gasteiger partial charge in [0.1, 0.15) is 11.6 Å². The summed E-state index contributed by atoms with van der Waals surface area (Å²) in [6, 6.07) is 3.58. The van der Waals surface area contributed by atoms with Crippen LogP contribution in [0.5, 0.6) is 5.75 Å². The molecule has 0 aliphatic carbocycles. The van der Waals surface area contributed by atoms with Crippen LogP contribution in [0.2, 0.25) is 0 Å². The third-order valence-electron chi connectivity index (χ3n) is 1.97. The number of hydrogen-bond donors (Lipinski definition) is 0. The molecule has 0 aromatic heterocycles. The molecule has 0 heterocycles. The minimum atomic E-state index is -4.34. The van der Waals surface area contributed by atoms with E-state index in [1.165, 1.54) is 12.1 Å². The molecule has 0 radical (unpaired) electrons. The van der Waals surface area contributed by atoms with Crippen molar-refractivity contribution in [1.82, 2.24) is 0 Å². The van der Waals surface area contributed by atoms with E-state index < -0.39 is 30.8 Å². The van der Waals surface area contributed by atoms with Gasteiger partial charge in [0, 0.05) is 0 Å². The number of Topliss-reactive ketones (excluding diaryl/α,β-unsaturated/α-hetero) is 1. The van der Waals surface area contributed by atoms with Crippen molar-refractivity contribution in [2.45, 2.75) is 19.5 Å². The summed E-state index contributed by atoms with van der Waals surface area (Å²) in [4.78, 5) is 11.1. The van der Waals surface area contributed by atoms with Crippen LogP contribution in [-0.4, -0.2) is 18.6 Å². The fourth-order valence-electron chi connectivity index (χ4n) is 1.24. The number of ketones is 1. The van der Waals surface area contributed by atoms with Crippen LogP contribution in [0, 0.1) is 5.82 Å². The van der Waals surface area contributed by atoms with E-state index in [0.29, 0.717) is 0 Å². The van der Waals surface area contributed by atoms with Crippen LogP contribution in [0.1, 0.15) is 23.7 Å². The predicted molar refractivity (Wildman–Crippen MR) is 52.6 cm³/mol. The second-order valence-corrected chi connectivity index (χ2v) is 3.38. The lowest BCUT2D eigenvalue weighted by Crippen LogP contribution is -2.14. The quantitative estimate of drug-likeness (QED) is 0.605. The molecule has 17 heavy (non-hydrogen) atoms. The van der Waals surface area contributed by atoms with Gasteiger partial charge >= 0.3 is 6.18 Å². The van der Waals surface area contributed by atoms with Crippen molar-refractivity contribution in [3.8, 4) is 5.75 Å². The highest BCUT2D eigenvalue weighted by molar-refractivity contribution is 5.97. The van der Waals surface area contributed by atoms with Gasteiger partial charge in [0.15, 0.2) is 5.78 Å². The van der Waals surface area contributed by atoms with Crippen molar-refractivity contribution in [3.63, 3.8) is 0 Å². The number of carbonyl (C=O) groups excluding carboxylic acids is 1. The molecule has 0 fully saturated rings. The van der Waals surface area contributed by atoms with Gasteiger partial charge in [0.05, 0.1) is 18.6 Å². The smallest absolute Gasteiger partial charge is 0.392 e. The van der Waals surface area contributed by atoms with Gasteiger partial charge in [-0.05, 0) is 19.1 Å². The van der Waals surface area contributed by atoms with Crippen molar-refractivity contribution in [2.24, 2.45) is 0 Å². The summed E-state index contributed by atoms with van der Waals surface area (Å²) in [7, 11) is 0. The fourth-order valence-corrected chi connectivity index (χ4v) is 1.24. The zero-order chi connectivity index (χ0) is 13.1. The monoisotopic (exact) mass is 250 g/mol. The molecule has 0 aliphatic rings. The van der Waals surface area contributed by atoms with Crippen LogP contribution in [0.15, 0.2) is 18.2 Å². The van der Waals surface area contributed by atoms with Gasteiger partial charge < -0.3 is 4.74 Å². The predicted octanol–water partition coefficient (Wildman–Crippen LogP) is 3.36. The SMILES string of the molecule is CC(=O)c1c(F)cccc1OCCC(F)(F)F. The molecule has 0 bridgehead atoms. The molecule has 0 amide bonds. The van der Waals surface area contributed by atoms with Crippen LogP contribution in [-0.2, 0) is 0 Å². The van der Waals surface area contributed by atoms with Crippen LogP contribution >= 0.6 is 0 Å². The van der Waals surface area contributed by atoms with E-state index in [-0.39, 0.29) is 11.3 Å². The zero-order valence-corrected chi connectivity index (χ0v) is 8.97. The highest BCUT2D eigenvalue weighted by atomic mass is 19.4. The van der Waals surface area contributed by atoms with E-state index in [1.54, 1.807) is 0 Å². The normalized spacial score (nSPS) is 11.4. The number of halogens is 4. The molecule has 0 N–H and O–H groups in total. The number of benzene rings is 1. The summed E-state index contributed by atoms with van der Waals surface area (Å²) in [6.07, 6.45) is -5.50. The van der Waals surface area contributed by atoms with Crippen molar-refractivity contribution in [3.05, 3.63) is 29.6 Å². The van der Waals surface area contributed by atoms with Gasteiger partial charge in [-0.15, -0.1) is 0 Å². The first-order valence-electron chi connectivity index (χ1n) is 4.80. The number of alkyl halides is 3. The highest BCUT2D eigenvalue weighted by Crippen LogP contribution is 2.24. The van der Waals surface area contributed by atoms with E-state index >= 15 is 0 Å². The van der Waals surface area contributed by atoms with Gasteiger partial charge in [0.2, 0.25) is 0 Å². The molecule has 0 saturated heterocycles. The van der Waals surface area contributed by atoms with E-state index in [9.17, 15) is 22.4 Å². The van der Waals surface area contributed by atoms with Gasteiger partial charge in [-0.2, -0.15) is 13.2 Å². The number of ether oxygens (including phenoxy) is 1. The molecular formula is C11H10F4O2. The summed E-state index contributed by atoms with van der Waals surface area (Å²) in [5, 5.41) is 0. The first-order chi connectivity index (χ1) is 7.81. The Kier molecular flexibility index (Phi) is 4.09. The standard InChI is InChI=1S/C11H10F4O2/c1-7(16)10-8(12)3-2-4-9(10)17-6-5-11(13,14)15/h2-4H,5-6H2,1H3. The molecular weight excluding hydrogens is 240 g/mol. The lowest BCUT2D eigenvalue weighted by molar-refractivity contribution is -0.139. The van der Waals surface area contributed by atoms with Crippen LogP contribution in [0.3, 0.4) is 0 Å². The van der Waals surface area contributed by atoms with Crippen molar-refractivity contribution < 1.29 is 27.1 Å². The average Bonchev–Trinajstić information content (AvgIpc) is 2.14. The van der Waals surface area contributed by atoms with Crippen LogP contribution in [0.25, 0.3) is 0 Å². The molecule has 94 valence electrons. The molecule has 0 unspecified atom stereocenters. The largest absolute Gasteiger partial charge is 0.492 e. The first kappa shape index (κ1) is 13.5. The summed E-state index contributed by atoms with van der Waals surface area (Å²) in [5.41, 5.74) is -0.324. The van der Waals surface area contributed by atoms with Gasteiger partial charge in [-0.25, -0.2) is 4.39 Å². The summed E-state index contributed by atoms with van der Waals surface area (Å²) < 4.78 is 53.6. The maximum atomic E-state index is 13.2.